The van der Waals surface area contributed by atoms with Gasteiger partial charge in [-0.3, -0.25) is 0 Å². The number of fused-ring (bicyclic) bond motifs is 1. The third kappa shape index (κ3) is 2.08. The average molecular weight is 305 g/mol. The lowest BCUT2D eigenvalue weighted by Crippen LogP contribution is -2.45. The van der Waals surface area contributed by atoms with Crippen molar-refractivity contribution in [3.05, 3.63) is 28.2 Å². The minimum Gasteiger partial charge on any atom is -0.487 e. The second kappa shape index (κ2) is 4.55. The van der Waals surface area contributed by atoms with Crippen LogP contribution in [-0.2, 0) is 6.42 Å². The predicted molar refractivity (Wildman–Crippen MR) is 70.6 cm³/mol. The molecular weight excluding hydrogens is 289 g/mol. The van der Waals surface area contributed by atoms with Gasteiger partial charge in [-0.15, -0.1) is 12.4 Å². The third-order valence-electron chi connectivity index (χ3n) is 3.38. The molecule has 2 aliphatic rings. The highest BCUT2D eigenvalue weighted by Gasteiger charge is 2.40. The molecule has 88 valence electrons. The number of benzene rings is 1. The molecule has 3 rings (SSSR count). The molecule has 0 aromatic heterocycles. The van der Waals surface area contributed by atoms with Crippen molar-refractivity contribution in [3.8, 4) is 5.75 Å². The van der Waals surface area contributed by atoms with E-state index in [-0.39, 0.29) is 18.0 Å². The van der Waals surface area contributed by atoms with E-state index in [1.807, 2.05) is 0 Å². The van der Waals surface area contributed by atoms with Gasteiger partial charge in [0.1, 0.15) is 11.4 Å². The maximum atomic E-state index is 6.15. The zero-order valence-corrected chi connectivity index (χ0v) is 11.4. The summed E-state index contributed by atoms with van der Waals surface area (Å²) < 4.78 is 7.25. The van der Waals surface area contributed by atoms with Crippen LogP contribution in [0.5, 0.6) is 5.75 Å². The molecule has 1 aromatic rings. The Morgan fingerprint density at radius 2 is 2.00 bits per heavy atom. The summed E-state index contributed by atoms with van der Waals surface area (Å²) in [5.41, 5.74) is 1.45. The van der Waals surface area contributed by atoms with Gasteiger partial charge in [-0.05, 0) is 43.6 Å². The summed E-state index contributed by atoms with van der Waals surface area (Å²) in [5.74, 6) is 1.08. The topological polar surface area (TPSA) is 21.3 Å². The molecule has 0 radical (unpaired) electrons. The Kier molecular flexibility index (Phi) is 3.48. The molecule has 0 unspecified atom stereocenters. The summed E-state index contributed by atoms with van der Waals surface area (Å²) in [7, 11) is 0. The van der Waals surface area contributed by atoms with Crippen molar-refractivity contribution in [2.45, 2.75) is 24.9 Å². The van der Waals surface area contributed by atoms with Gasteiger partial charge in [-0.25, -0.2) is 0 Å². The molecule has 2 nitrogen and oxygen atoms in total. The molecule has 0 aliphatic carbocycles. The van der Waals surface area contributed by atoms with Crippen LogP contribution in [0.1, 0.15) is 18.4 Å². The van der Waals surface area contributed by atoms with E-state index in [2.05, 4.69) is 39.4 Å². The Hall–Kier alpha value is -0.250. The Morgan fingerprint density at radius 3 is 2.75 bits per heavy atom. The molecule has 2 heterocycles. The van der Waals surface area contributed by atoms with Crippen LogP contribution in [0.25, 0.3) is 0 Å². The highest BCUT2D eigenvalue weighted by molar-refractivity contribution is 9.10. The minimum atomic E-state index is 0. The first-order chi connectivity index (χ1) is 7.27. The van der Waals surface area contributed by atoms with E-state index in [1.54, 1.807) is 0 Å². The molecule has 4 heteroatoms. The van der Waals surface area contributed by atoms with Gasteiger partial charge in [0, 0.05) is 10.9 Å². The Labute approximate surface area is 110 Å². The van der Waals surface area contributed by atoms with E-state index < -0.39 is 0 Å². The van der Waals surface area contributed by atoms with Crippen molar-refractivity contribution < 1.29 is 4.74 Å². The summed E-state index contributed by atoms with van der Waals surface area (Å²) in [5, 5.41) is 3.38. The van der Waals surface area contributed by atoms with Gasteiger partial charge in [0.05, 0.1) is 0 Å². The fraction of sp³-hybridized carbons (Fsp3) is 0.500. The fourth-order valence-corrected chi connectivity index (χ4v) is 2.89. The van der Waals surface area contributed by atoms with Crippen LogP contribution in [0.15, 0.2) is 22.7 Å². The first-order valence-electron chi connectivity index (χ1n) is 5.46. The van der Waals surface area contributed by atoms with Crippen molar-refractivity contribution >= 4 is 28.3 Å². The highest BCUT2D eigenvalue weighted by atomic mass is 79.9. The van der Waals surface area contributed by atoms with Crippen molar-refractivity contribution in [1.29, 1.82) is 0 Å². The van der Waals surface area contributed by atoms with Crippen LogP contribution in [0.2, 0.25) is 0 Å². The van der Waals surface area contributed by atoms with Crippen molar-refractivity contribution in [1.82, 2.24) is 5.32 Å². The van der Waals surface area contributed by atoms with Crippen LogP contribution in [0, 0.1) is 0 Å². The Morgan fingerprint density at radius 1 is 1.25 bits per heavy atom. The van der Waals surface area contributed by atoms with Gasteiger partial charge in [0.25, 0.3) is 0 Å². The van der Waals surface area contributed by atoms with Crippen LogP contribution in [0.3, 0.4) is 0 Å². The molecule has 1 fully saturated rings. The average Bonchev–Trinajstić information content (AvgIpc) is 2.56. The van der Waals surface area contributed by atoms with Crippen LogP contribution in [-0.4, -0.2) is 18.7 Å². The molecule has 1 spiro atoms. The summed E-state index contributed by atoms with van der Waals surface area (Å²) in [6.07, 6.45) is 3.33. The minimum absolute atomic E-state index is 0. The predicted octanol–water partition coefficient (Wildman–Crippen LogP) is 2.93. The van der Waals surface area contributed by atoms with E-state index in [9.17, 15) is 0 Å². The van der Waals surface area contributed by atoms with E-state index in [0.717, 1.165) is 42.6 Å². The van der Waals surface area contributed by atoms with Crippen molar-refractivity contribution in [2.75, 3.05) is 13.1 Å². The van der Waals surface area contributed by atoms with Gasteiger partial charge >= 0.3 is 0 Å². The monoisotopic (exact) mass is 303 g/mol. The lowest BCUT2D eigenvalue weighted by Gasteiger charge is -2.33. The smallest absolute Gasteiger partial charge is 0.124 e. The second-order valence-corrected chi connectivity index (χ2v) is 5.38. The van der Waals surface area contributed by atoms with Gasteiger partial charge in [-0.1, -0.05) is 22.0 Å². The largest absolute Gasteiger partial charge is 0.487 e. The first kappa shape index (κ1) is 12.2. The van der Waals surface area contributed by atoms with E-state index >= 15 is 0 Å². The normalized spacial score (nSPS) is 21.1. The van der Waals surface area contributed by atoms with Gasteiger partial charge in [0.15, 0.2) is 0 Å². The highest BCUT2D eigenvalue weighted by Crippen LogP contribution is 2.40. The summed E-state index contributed by atoms with van der Waals surface area (Å²) >= 11 is 3.48. The number of nitrogens with one attached hydrogen (secondary N) is 1. The van der Waals surface area contributed by atoms with Crippen LogP contribution < -0.4 is 10.1 Å². The fourth-order valence-electron chi connectivity index (χ4n) is 2.55. The van der Waals surface area contributed by atoms with E-state index in [1.165, 1.54) is 5.56 Å². The van der Waals surface area contributed by atoms with Crippen molar-refractivity contribution in [3.63, 3.8) is 0 Å². The first-order valence-corrected chi connectivity index (χ1v) is 6.25. The second-order valence-electron chi connectivity index (χ2n) is 4.46. The lowest BCUT2D eigenvalue weighted by atomic mass is 9.88. The number of halogens is 2. The van der Waals surface area contributed by atoms with Gasteiger partial charge in [-0.2, -0.15) is 0 Å². The maximum absolute atomic E-state index is 6.15. The number of hydrogen-bond acceptors (Lipinski definition) is 2. The maximum Gasteiger partial charge on any atom is 0.124 e. The van der Waals surface area contributed by atoms with Crippen LogP contribution >= 0.6 is 28.3 Å². The summed E-state index contributed by atoms with van der Waals surface area (Å²) in [4.78, 5) is 0. The molecule has 1 saturated heterocycles. The third-order valence-corrected chi connectivity index (χ3v) is 3.88. The number of piperidine rings is 1. The summed E-state index contributed by atoms with van der Waals surface area (Å²) in [6.45, 7) is 2.16. The molecule has 1 N–H and O–H groups in total. The van der Waals surface area contributed by atoms with Crippen LogP contribution in [0.4, 0.5) is 0 Å². The molecule has 0 amide bonds. The Balaban J connectivity index is 0.000000963. The molecule has 1 aromatic carbocycles. The molecule has 0 bridgehead atoms. The Bertz CT molecular complexity index is 391. The molecule has 16 heavy (non-hydrogen) atoms. The molecule has 2 aliphatic heterocycles. The number of rotatable bonds is 0. The standard InChI is InChI=1S/C12H14BrNO.ClH/c13-10-2-1-9-8-12(15-11(9)7-10)3-5-14-6-4-12;/h1-2,7,14H,3-6,8H2;1H. The number of ether oxygens (including phenoxy) is 1. The lowest BCUT2D eigenvalue weighted by molar-refractivity contribution is 0.0599. The van der Waals surface area contributed by atoms with E-state index in [4.69, 9.17) is 4.74 Å². The van der Waals surface area contributed by atoms with E-state index in [0.29, 0.717) is 0 Å². The number of hydrogen-bond donors (Lipinski definition) is 1. The quantitative estimate of drug-likeness (QED) is 0.796. The molecule has 0 saturated carbocycles. The van der Waals surface area contributed by atoms with Crippen molar-refractivity contribution in [2.24, 2.45) is 0 Å². The zero-order chi connectivity index (χ0) is 10.3. The SMILES string of the molecule is Brc1ccc2c(c1)OC1(CCNCC1)C2.Cl. The van der Waals surface area contributed by atoms with Gasteiger partial charge < -0.3 is 10.1 Å². The summed E-state index contributed by atoms with van der Waals surface area (Å²) in [6, 6.07) is 6.37. The zero-order valence-electron chi connectivity index (χ0n) is 8.96. The van der Waals surface area contributed by atoms with Gasteiger partial charge in [0.2, 0.25) is 0 Å². The molecular formula is C12H15BrClNO. The molecule has 0 atom stereocenters.